The molecule has 8 heavy (non-hydrogen) atoms. The van der Waals surface area contributed by atoms with Crippen LogP contribution in [0.25, 0.3) is 0 Å². The van der Waals surface area contributed by atoms with Crippen molar-refractivity contribution in [2.24, 2.45) is 0 Å². The molecule has 0 saturated heterocycles. The van der Waals surface area contributed by atoms with Gasteiger partial charge in [-0.25, -0.2) is 0 Å². The fourth-order valence-corrected chi connectivity index (χ4v) is 0.449. The van der Waals surface area contributed by atoms with Crippen molar-refractivity contribution in [2.75, 3.05) is 6.61 Å². The molecule has 0 fully saturated rings. The van der Waals surface area contributed by atoms with Gasteiger partial charge in [-0.05, 0) is 19.3 Å². The Morgan fingerprint density at radius 1 is 1.25 bits per heavy atom. The lowest BCUT2D eigenvalue weighted by molar-refractivity contribution is 0.285. The number of allylic oxidation sites excluding steroid dienone is 1. The molecule has 0 atom stereocenters. The van der Waals surface area contributed by atoms with Gasteiger partial charge < -0.3 is 10.2 Å². The Hall–Kier alpha value is -0.500. The van der Waals surface area contributed by atoms with Crippen molar-refractivity contribution in [1.29, 1.82) is 0 Å². The maximum atomic E-state index is 8.28. The van der Waals surface area contributed by atoms with Gasteiger partial charge in [0.05, 0.1) is 6.26 Å². The molecule has 2 heteroatoms. The Morgan fingerprint density at radius 3 is 2.50 bits per heavy atom. The minimum Gasteiger partial charge on any atom is -0.516 e. The van der Waals surface area contributed by atoms with Crippen LogP contribution in [0, 0.1) is 0 Å². The summed E-state index contributed by atoms with van der Waals surface area (Å²) in [5.74, 6) is 0. The van der Waals surface area contributed by atoms with Crippen LogP contribution in [0.3, 0.4) is 0 Å². The van der Waals surface area contributed by atoms with Crippen LogP contribution in [-0.2, 0) is 0 Å². The number of aliphatic hydroxyl groups excluding tert-OH is 2. The Bertz CT molecular complexity index is 59.5. The fraction of sp³-hybridized carbons (Fsp3) is 0.667. The summed E-state index contributed by atoms with van der Waals surface area (Å²) >= 11 is 0. The molecular weight excluding hydrogens is 104 g/mol. The average molecular weight is 116 g/mol. The third-order valence-corrected chi connectivity index (χ3v) is 0.884. The SMILES string of the molecule is O/C=C\CCCCO. The van der Waals surface area contributed by atoms with Crippen molar-refractivity contribution in [2.45, 2.75) is 19.3 Å². The van der Waals surface area contributed by atoms with E-state index in [2.05, 4.69) is 0 Å². The molecule has 48 valence electrons. The normalized spacial score (nSPS) is 10.6. The van der Waals surface area contributed by atoms with Gasteiger partial charge in [0, 0.05) is 6.61 Å². The Kier molecular flexibility index (Phi) is 6.09. The predicted molar refractivity (Wildman–Crippen MR) is 32.7 cm³/mol. The Balaban J connectivity index is 2.72. The zero-order valence-electron chi connectivity index (χ0n) is 4.88. The summed E-state index contributed by atoms with van der Waals surface area (Å²) in [5.41, 5.74) is 0. The van der Waals surface area contributed by atoms with E-state index in [4.69, 9.17) is 10.2 Å². The zero-order chi connectivity index (χ0) is 6.24. The minimum atomic E-state index is 0.249. The number of unbranched alkanes of at least 4 members (excludes halogenated alkanes) is 2. The number of aliphatic hydroxyl groups is 2. The third kappa shape index (κ3) is 5.50. The first-order valence-electron chi connectivity index (χ1n) is 2.82. The number of hydrogen-bond acceptors (Lipinski definition) is 2. The highest BCUT2D eigenvalue weighted by molar-refractivity contribution is 4.70. The lowest BCUT2D eigenvalue weighted by Crippen LogP contribution is -1.79. The van der Waals surface area contributed by atoms with E-state index in [0.29, 0.717) is 0 Å². The minimum absolute atomic E-state index is 0.249. The molecule has 0 saturated carbocycles. The van der Waals surface area contributed by atoms with E-state index in [-0.39, 0.29) is 6.61 Å². The molecule has 0 spiro atoms. The molecule has 0 amide bonds. The molecule has 0 bridgehead atoms. The van der Waals surface area contributed by atoms with Gasteiger partial charge in [-0.3, -0.25) is 0 Å². The highest BCUT2D eigenvalue weighted by Gasteiger charge is 1.79. The molecular formula is C6H12O2. The molecule has 0 aromatic rings. The molecule has 0 aromatic heterocycles. The third-order valence-electron chi connectivity index (χ3n) is 0.884. The van der Waals surface area contributed by atoms with E-state index in [1.165, 1.54) is 0 Å². The van der Waals surface area contributed by atoms with Gasteiger partial charge in [0.25, 0.3) is 0 Å². The topological polar surface area (TPSA) is 40.5 Å². The van der Waals surface area contributed by atoms with Crippen molar-refractivity contribution in [3.05, 3.63) is 12.3 Å². The van der Waals surface area contributed by atoms with Gasteiger partial charge in [0.1, 0.15) is 0 Å². The molecule has 0 unspecified atom stereocenters. The molecule has 0 aliphatic rings. The van der Waals surface area contributed by atoms with Crippen LogP contribution in [0.1, 0.15) is 19.3 Å². The second-order valence-corrected chi connectivity index (χ2v) is 1.60. The van der Waals surface area contributed by atoms with Gasteiger partial charge in [-0.1, -0.05) is 6.08 Å². The second-order valence-electron chi connectivity index (χ2n) is 1.60. The van der Waals surface area contributed by atoms with Crippen molar-refractivity contribution in [3.63, 3.8) is 0 Å². The Labute approximate surface area is 49.5 Å². The highest BCUT2D eigenvalue weighted by Crippen LogP contribution is 1.93. The number of rotatable bonds is 4. The molecule has 0 aromatic carbocycles. The van der Waals surface area contributed by atoms with Crippen molar-refractivity contribution in [3.8, 4) is 0 Å². The van der Waals surface area contributed by atoms with Crippen LogP contribution in [0.5, 0.6) is 0 Å². The van der Waals surface area contributed by atoms with Crippen LogP contribution in [0.4, 0.5) is 0 Å². The largest absolute Gasteiger partial charge is 0.516 e. The van der Waals surface area contributed by atoms with E-state index in [9.17, 15) is 0 Å². The van der Waals surface area contributed by atoms with Crippen LogP contribution in [-0.4, -0.2) is 16.8 Å². The predicted octanol–water partition coefficient (Wildman–Crippen LogP) is 1.22. The summed E-state index contributed by atoms with van der Waals surface area (Å²) in [4.78, 5) is 0. The van der Waals surface area contributed by atoms with E-state index in [0.717, 1.165) is 25.5 Å². The lowest BCUT2D eigenvalue weighted by Gasteiger charge is -1.88. The zero-order valence-corrected chi connectivity index (χ0v) is 4.88. The standard InChI is InChI=1S/C6H12O2/c7-5-3-1-2-4-6-8/h3,5,7-8H,1-2,4,6H2/b5-3-. The first kappa shape index (κ1) is 7.50. The summed E-state index contributed by atoms with van der Waals surface area (Å²) < 4.78 is 0. The second kappa shape index (κ2) is 6.50. The lowest BCUT2D eigenvalue weighted by atomic mass is 10.2. The van der Waals surface area contributed by atoms with Crippen molar-refractivity contribution in [1.82, 2.24) is 0 Å². The summed E-state index contributed by atoms with van der Waals surface area (Å²) in [6.45, 7) is 0.249. The maximum absolute atomic E-state index is 8.28. The van der Waals surface area contributed by atoms with Crippen molar-refractivity contribution >= 4 is 0 Å². The molecule has 0 aliphatic heterocycles. The summed E-state index contributed by atoms with van der Waals surface area (Å²) in [6.07, 6.45) is 5.35. The first-order valence-corrected chi connectivity index (χ1v) is 2.82. The smallest absolute Gasteiger partial charge is 0.0751 e. The van der Waals surface area contributed by atoms with Gasteiger partial charge in [-0.2, -0.15) is 0 Å². The van der Waals surface area contributed by atoms with Crippen LogP contribution >= 0.6 is 0 Å². The monoisotopic (exact) mass is 116 g/mol. The highest BCUT2D eigenvalue weighted by atomic mass is 16.3. The van der Waals surface area contributed by atoms with E-state index in [1.54, 1.807) is 6.08 Å². The number of hydrogen-bond donors (Lipinski definition) is 2. The van der Waals surface area contributed by atoms with Gasteiger partial charge >= 0.3 is 0 Å². The summed E-state index contributed by atoms with van der Waals surface area (Å²) in [6, 6.07) is 0. The van der Waals surface area contributed by atoms with Gasteiger partial charge in [0.2, 0.25) is 0 Å². The van der Waals surface area contributed by atoms with Gasteiger partial charge in [0.15, 0.2) is 0 Å². The summed E-state index contributed by atoms with van der Waals surface area (Å²) in [5, 5.41) is 16.4. The quantitative estimate of drug-likeness (QED) is 0.428. The molecule has 2 N–H and O–H groups in total. The molecule has 0 aliphatic carbocycles. The molecule has 2 nitrogen and oxygen atoms in total. The molecule has 0 radical (unpaired) electrons. The first-order chi connectivity index (χ1) is 3.91. The van der Waals surface area contributed by atoms with Crippen LogP contribution in [0.15, 0.2) is 12.3 Å². The van der Waals surface area contributed by atoms with E-state index < -0.39 is 0 Å². The maximum Gasteiger partial charge on any atom is 0.0751 e. The Morgan fingerprint density at radius 2 is 2.00 bits per heavy atom. The van der Waals surface area contributed by atoms with Crippen molar-refractivity contribution < 1.29 is 10.2 Å². The van der Waals surface area contributed by atoms with E-state index in [1.807, 2.05) is 0 Å². The van der Waals surface area contributed by atoms with Crippen LogP contribution < -0.4 is 0 Å². The van der Waals surface area contributed by atoms with E-state index >= 15 is 0 Å². The molecule has 0 heterocycles. The summed E-state index contributed by atoms with van der Waals surface area (Å²) in [7, 11) is 0. The van der Waals surface area contributed by atoms with Crippen LogP contribution in [0.2, 0.25) is 0 Å². The van der Waals surface area contributed by atoms with Gasteiger partial charge in [-0.15, -0.1) is 0 Å². The average Bonchev–Trinajstić information content (AvgIpc) is 1.81. The fourth-order valence-electron chi connectivity index (χ4n) is 0.449. The molecule has 0 rings (SSSR count).